The minimum absolute atomic E-state index is 0.0481. The summed E-state index contributed by atoms with van der Waals surface area (Å²) in [6.07, 6.45) is 3.80. The molecule has 0 saturated carbocycles. The maximum absolute atomic E-state index is 12.5. The molecule has 2 aliphatic heterocycles. The van der Waals surface area contributed by atoms with Crippen LogP contribution in [0.3, 0.4) is 0 Å². The summed E-state index contributed by atoms with van der Waals surface area (Å²) in [4.78, 5) is 28.3. The van der Waals surface area contributed by atoms with E-state index in [9.17, 15) is 9.59 Å². The standard InChI is InChI=1S/C13H17N3O3/c1-2-10-12(17)15-6-3-4-11(15)13(18)16(10)8-9-5-7-19-14-9/h5,7,10-11H,2-4,6,8H2,1H3. The van der Waals surface area contributed by atoms with Crippen molar-refractivity contribution < 1.29 is 14.1 Å². The third-order valence-electron chi connectivity index (χ3n) is 3.98. The molecule has 6 nitrogen and oxygen atoms in total. The highest BCUT2D eigenvalue weighted by atomic mass is 16.5. The largest absolute Gasteiger partial charge is 0.364 e. The molecule has 1 aromatic heterocycles. The van der Waals surface area contributed by atoms with Gasteiger partial charge < -0.3 is 14.3 Å². The van der Waals surface area contributed by atoms with Gasteiger partial charge in [0.25, 0.3) is 0 Å². The molecule has 0 aliphatic carbocycles. The molecule has 6 heteroatoms. The van der Waals surface area contributed by atoms with Crippen molar-refractivity contribution in [2.24, 2.45) is 0 Å². The van der Waals surface area contributed by atoms with E-state index < -0.39 is 0 Å². The predicted molar refractivity (Wildman–Crippen MR) is 65.9 cm³/mol. The fourth-order valence-electron chi connectivity index (χ4n) is 3.03. The zero-order valence-corrected chi connectivity index (χ0v) is 10.9. The summed E-state index contributed by atoms with van der Waals surface area (Å²) < 4.78 is 4.79. The molecule has 0 radical (unpaired) electrons. The first-order chi connectivity index (χ1) is 9.22. The van der Waals surface area contributed by atoms with E-state index in [1.165, 1.54) is 6.26 Å². The van der Waals surface area contributed by atoms with Gasteiger partial charge in [0.15, 0.2) is 0 Å². The van der Waals surface area contributed by atoms with Crippen LogP contribution in [0.1, 0.15) is 31.9 Å². The van der Waals surface area contributed by atoms with Gasteiger partial charge in [0.2, 0.25) is 11.8 Å². The first-order valence-electron chi connectivity index (χ1n) is 6.72. The van der Waals surface area contributed by atoms with E-state index >= 15 is 0 Å². The number of fused-ring (bicyclic) bond motifs is 1. The van der Waals surface area contributed by atoms with Crippen molar-refractivity contribution in [2.75, 3.05) is 6.54 Å². The molecule has 2 unspecified atom stereocenters. The molecule has 2 aliphatic rings. The molecule has 0 bridgehead atoms. The van der Waals surface area contributed by atoms with Gasteiger partial charge in [0.05, 0.1) is 6.54 Å². The number of piperazine rings is 1. The molecule has 1 aromatic rings. The van der Waals surface area contributed by atoms with Crippen LogP contribution < -0.4 is 0 Å². The van der Waals surface area contributed by atoms with E-state index in [-0.39, 0.29) is 23.9 Å². The van der Waals surface area contributed by atoms with Gasteiger partial charge >= 0.3 is 0 Å². The van der Waals surface area contributed by atoms with Crippen LogP contribution in [-0.2, 0) is 16.1 Å². The van der Waals surface area contributed by atoms with Gasteiger partial charge in [-0.1, -0.05) is 12.1 Å². The number of rotatable bonds is 3. The van der Waals surface area contributed by atoms with Crippen LogP contribution in [0.25, 0.3) is 0 Å². The number of nitrogens with zero attached hydrogens (tertiary/aromatic N) is 3. The monoisotopic (exact) mass is 263 g/mol. The zero-order valence-electron chi connectivity index (χ0n) is 10.9. The van der Waals surface area contributed by atoms with Gasteiger partial charge in [-0.2, -0.15) is 0 Å². The summed E-state index contributed by atoms with van der Waals surface area (Å²) in [5.74, 6) is 0.125. The van der Waals surface area contributed by atoms with E-state index in [0.717, 1.165) is 12.8 Å². The predicted octanol–water partition coefficient (Wildman–Crippen LogP) is 0.786. The van der Waals surface area contributed by atoms with E-state index in [1.54, 1.807) is 15.9 Å². The highest BCUT2D eigenvalue weighted by Gasteiger charge is 2.46. The summed E-state index contributed by atoms with van der Waals surface area (Å²) >= 11 is 0. The van der Waals surface area contributed by atoms with E-state index in [1.807, 2.05) is 6.92 Å². The molecule has 0 spiro atoms. The fraction of sp³-hybridized carbons (Fsp3) is 0.615. The van der Waals surface area contributed by atoms with Crippen LogP contribution >= 0.6 is 0 Å². The van der Waals surface area contributed by atoms with E-state index in [4.69, 9.17) is 4.52 Å². The second-order valence-electron chi connectivity index (χ2n) is 5.07. The van der Waals surface area contributed by atoms with Gasteiger partial charge in [0.1, 0.15) is 24.0 Å². The van der Waals surface area contributed by atoms with Gasteiger partial charge in [-0.25, -0.2) is 0 Å². The highest BCUT2D eigenvalue weighted by Crippen LogP contribution is 2.28. The fourth-order valence-corrected chi connectivity index (χ4v) is 3.03. The van der Waals surface area contributed by atoms with Crippen molar-refractivity contribution in [3.8, 4) is 0 Å². The summed E-state index contributed by atoms with van der Waals surface area (Å²) in [6, 6.07) is 1.10. The summed E-state index contributed by atoms with van der Waals surface area (Å²) in [5, 5.41) is 3.83. The molecule has 19 heavy (non-hydrogen) atoms. The lowest BCUT2D eigenvalue weighted by Gasteiger charge is -2.41. The van der Waals surface area contributed by atoms with Crippen molar-refractivity contribution in [3.63, 3.8) is 0 Å². The van der Waals surface area contributed by atoms with Gasteiger partial charge in [0, 0.05) is 12.6 Å². The van der Waals surface area contributed by atoms with E-state index in [0.29, 0.717) is 25.2 Å². The zero-order chi connectivity index (χ0) is 13.4. The average molecular weight is 263 g/mol. The smallest absolute Gasteiger partial charge is 0.246 e. The molecule has 3 rings (SSSR count). The number of carbonyl (C=O) groups excluding carboxylic acids is 2. The van der Waals surface area contributed by atoms with Crippen molar-refractivity contribution >= 4 is 11.8 Å². The Labute approximate surface area is 111 Å². The lowest BCUT2D eigenvalue weighted by atomic mass is 10.0. The average Bonchev–Trinajstić information content (AvgIpc) is 3.07. The van der Waals surface area contributed by atoms with Crippen molar-refractivity contribution in [1.29, 1.82) is 0 Å². The van der Waals surface area contributed by atoms with Crippen LogP contribution in [0.5, 0.6) is 0 Å². The maximum atomic E-state index is 12.5. The second-order valence-corrected chi connectivity index (χ2v) is 5.07. The number of hydrogen-bond acceptors (Lipinski definition) is 4. The van der Waals surface area contributed by atoms with Crippen molar-refractivity contribution in [2.45, 2.75) is 44.8 Å². The molecule has 2 amide bonds. The van der Waals surface area contributed by atoms with Crippen LogP contribution in [0.15, 0.2) is 16.9 Å². The first kappa shape index (κ1) is 12.2. The summed E-state index contributed by atoms with van der Waals surface area (Å²) in [5.41, 5.74) is 0.686. The number of hydrogen-bond donors (Lipinski definition) is 0. The third-order valence-corrected chi connectivity index (χ3v) is 3.98. The van der Waals surface area contributed by atoms with Gasteiger partial charge in [-0.3, -0.25) is 9.59 Å². The Morgan fingerprint density at radius 3 is 2.95 bits per heavy atom. The Kier molecular flexibility index (Phi) is 3.00. The Balaban J connectivity index is 1.87. The molecule has 3 heterocycles. The Hall–Kier alpha value is -1.85. The lowest BCUT2D eigenvalue weighted by molar-refractivity contribution is -0.160. The molecular weight excluding hydrogens is 246 g/mol. The van der Waals surface area contributed by atoms with Gasteiger partial charge in [-0.15, -0.1) is 0 Å². The van der Waals surface area contributed by atoms with E-state index in [2.05, 4.69) is 5.16 Å². The second kappa shape index (κ2) is 4.68. The molecule has 102 valence electrons. The van der Waals surface area contributed by atoms with Crippen LogP contribution in [0, 0.1) is 0 Å². The third kappa shape index (κ3) is 1.91. The number of amides is 2. The number of carbonyl (C=O) groups is 2. The normalized spacial score (nSPS) is 27.0. The molecule has 2 saturated heterocycles. The molecule has 2 atom stereocenters. The lowest BCUT2D eigenvalue weighted by Crippen LogP contribution is -2.62. The quantitative estimate of drug-likeness (QED) is 0.808. The highest BCUT2D eigenvalue weighted by molar-refractivity contribution is 5.97. The molecule has 2 fully saturated rings. The van der Waals surface area contributed by atoms with Gasteiger partial charge in [-0.05, 0) is 19.3 Å². The molecule has 0 N–H and O–H groups in total. The Morgan fingerprint density at radius 2 is 2.26 bits per heavy atom. The minimum Gasteiger partial charge on any atom is -0.364 e. The summed E-state index contributed by atoms with van der Waals surface area (Å²) in [6.45, 7) is 3.00. The summed E-state index contributed by atoms with van der Waals surface area (Å²) in [7, 11) is 0. The maximum Gasteiger partial charge on any atom is 0.246 e. The van der Waals surface area contributed by atoms with Crippen molar-refractivity contribution in [1.82, 2.24) is 15.0 Å². The van der Waals surface area contributed by atoms with Crippen LogP contribution in [0.4, 0.5) is 0 Å². The van der Waals surface area contributed by atoms with Crippen molar-refractivity contribution in [3.05, 3.63) is 18.0 Å². The number of aromatic nitrogens is 1. The first-order valence-corrected chi connectivity index (χ1v) is 6.72. The topological polar surface area (TPSA) is 66.7 Å². The Bertz CT molecular complexity index is 485. The minimum atomic E-state index is -0.362. The molecule has 0 aromatic carbocycles. The van der Waals surface area contributed by atoms with Crippen LogP contribution in [0.2, 0.25) is 0 Å². The Morgan fingerprint density at radius 1 is 1.42 bits per heavy atom. The SMILES string of the molecule is CCC1C(=O)N2CCCC2C(=O)N1Cc1ccon1. The van der Waals surface area contributed by atoms with Crippen LogP contribution in [-0.4, -0.2) is 45.4 Å². The molecular formula is C13H17N3O3.